The van der Waals surface area contributed by atoms with Crippen molar-refractivity contribution in [2.45, 2.75) is 38.3 Å². The third-order valence-electron chi connectivity index (χ3n) is 3.14. The van der Waals surface area contributed by atoms with Gasteiger partial charge in [-0.2, -0.15) is 0 Å². The van der Waals surface area contributed by atoms with Gasteiger partial charge in [-0.25, -0.2) is 0 Å². The number of nitrogens with one attached hydrogen (secondary N) is 2. The highest BCUT2D eigenvalue weighted by molar-refractivity contribution is 5.89. The van der Waals surface area contributed by atoms with Crippen LogP contribution < -0.4 is 10.6 Å². The lowest BCUT2D eigenvalue weighted by molar-refractivity contribution is -0.143. The summed E-state index contributed by atoms with van der Waals surface area (Å²) < 4.78 is 0. The number of piperidine rings is 1. The Labute approximate surface area is 96.6 Å². The molecule has 92 valence electrons. The highest BCUT2D eigenvalue weighted by Crippen LogP contribution is 2.18. The quantitative estimate of drug-likeness (QED) is 0.697. The zero-order valence-electron chi connectivity index (χ0n) is 10.2. The van der Waals surface area contributed by atoms with Crippen molar-refractivity contribution in [1.29, 1.82) is 0 Å². The molecule has 0 aromatic rings. The van der Waals surface area contributed by atoms with Crippen molar-refractivity contribution in [1.82, 2.24) is 15.5 Å². The van der Waals surface area contributed by atoms with Crippen LogP contribution in [0.4, 0.5) is 0 Å². The van der Waals surface area contributed by atoms with Gasteiger partial charge < -0.3 is 15.5 Å². The van der Waals surface area contributed by atoms with Crippen LogP contribution in [0.2, 0.25) is 0 Å². The highest BCUT2D eigenvalue weighted by Gasteiger charge is 2.32. The van der Waals surface area contributed by atoms with Gasteiger partial charge in [0.25, 0.3) is 0 Å². The van der Waals surface area contributed by atoms with E-state index in [-0.39, 0.29) is 23.9 Å². The number of likely N-dealkylation sites (N-methyl/N-ethyl adjacent to an activating group) is 2. The number of likely N-dealkylation sites (tertiary alicyclic amines) is 1. The molecule has 0 radical (unpaired) electrons. The Kier molecular flexibility index (Phi) is 4.73. The molecule has 0 aliphatic carbocycles. The predicted molar refractivity (Wildman–Crippen MR) is 61.9 cm³/mol. The number of carbonyl (C=O) groups is 2. The largest absolute Gasteiger partial charge is 0.357 e. The molecule has 2 atom stereocenters. The molecule has 1 rings (SSSR count). The van der Waals surface area contributed by atoms with E-state index in [1.807, 2.05) is 6.92 Å². The van der Waals surface area contributed by atoms with Gasteiger partial charge in [0.2, 0.25) is 11.8 Å². The Balaban J connectivity index is 2.73. The summed E-state index contributed by atoms with van der Waals surface area (Å²) in [6.45, 7) is 2.50. The van der Waals surface area contributed by atoms with Crippen LogP contribution in [0.5, 0.6) is 0 Å². The maximum Gasteiger partial charge on any atom is 0.242 e. The number of hydrogen-bond acceptors (Lipinski definition) is 3. The number of rotatable bonds is 3. The van der Waals surface area contributed by atoms with E-state index in [0.717, 1.165) is 19.3 Å². The first-order chi connectivity index (χ1) is 7.61. The molecule has 0 bridgehead atoms. The van der Waals surface area contributed by atoms with Gasteiger partial charge in [-0.05, 0) is 33.2 Å². The zero-order chi connectivity index (χ0) is 12.1. The van der Waals surface area contributed by atoms with Crippen molar-refractivity contribution in [2.24, 2.45) is 0 Å². The van der Waals surface area contributed by atoms with Gasteiger partial charge >= 0.3 is 0 Å². The van der Waals surface area contributed by atoms with Crippen LogP contribution in [-0.2, 0) is 9.59 Å². The second-order valence-corrected chi connectivity index (χ2v) is 4.17. The molecular formula is C11H21N3O2. The van der Waals surface area contributed by atoms with Gasteiger partial charge in [0.1, 0.15) is 6.04 Å². The monoisotopic (exact) mass is 227 g/mol. The summed E-state index contributed by atoms with van der Waals surface area (Å²) in [6, 6.07) is -0.521. The molecular weight excluding hydrogens is 206 g/mol. The summed E-state index contributed by atoms with van der Waals surface area (Å²) in [5, 5.41) is 5.54. The first kappa shape index (κ1) is 13.0. The fourth-order valence-electron chi connectivity index (χ4n) is 2.01. The molecule has 2 amide bonds. The fourth-order valence-corrected chi connectivity index (χ4v) is 2.01. The third kappa shape index (κ3) is 2.72. The van der Waals surface area contributed by atoms with Gasteiger partial charge in [0.05, 0.1) is 6.04 Å². The molecule has 0 spiro atoms. The van der Waals surface area contributed by atoms with Crippen LogP contribution >= 0.6 is 0 Å². The van der Waals surface area contributed by atoms with Gasteiger partial charge in [-0.3, -0.25) is 9.59 Å². The molecule has 5 nitrogen and oxygen atoms in total. The normalized spacial score (nSPS) is 22.7. The first-order valence-electron chi connectivity index (χ1n) is 5.81. The van der Waals surface area contributed by atoms with Crippen LogP contribution in [0.1, 0.15) is 26.2 Å². The van der Waals surface area contributed by atoms with E-state index in [4.69, 9.17) is 0 Å². The van der Waals surface area contributed by atoms with E-state index in [2.05, 4.69) is 10.6 Å². The lowest BCUT2D eigenvalue weighted by atomic mass is 10.0. The van der Waals surface area contributed by atoms with E-state index < -0.39 is 0 Å². The molecule has 0 saturated carbocycles. The van der Waals surface area contributed by atoms with E-state index in [1.165, 1.54) is 0 Å². The average Bonchev–Trinajstić information content (AvgIpc) is 2.35. The lowest BCUT2D eigenvalue weighted by Gasteiger charge is -2.35. The van der Waals surface area contributed by atoms with E-state index in [0.29, 0.717) is 6.54 Å². The van der Waals surface area contributed by atoms with Crippen LogP contribution in [-0.4, -0.2) is 49.4 Å². The smallest absolute Gasteiger partial charge is 0.242 e. The van der Waals surface area contributed by atoms with Crippen molar-refractivity contribution >= 4 is 11.8 Å². The van der Waals surface area contributed by atoms with E-state index in [9.17, 15) is 9.59 Å². The molecule has 1 aliphatic rings. The summed E-state index contributed by atoms with van der Waals surface area (Å²) in [6.07, 6.45) is 2.76. The molecule has 2 N–H and O–H groups in total. The van der Waals surface area contributed by atoms with Gasteiger partial charge in [-0.1, -0.05) is 0 Å². The minimum Gasteiger partial charge on any atom is -0.357 e. The molecule has 16 heavy (non-hydrogen) atoms. The van der Waals surface area contributed by atoms with Crippen molar-refractivity contribution in [3.8, 4) is 0 Å². The summed E-state index contributed by atoms with van der Waals surface area (Å²) in [5.74, 6) is -0.0489. The van der Waals surface area contributed by atoms with Crippen molar-refractivity contribution in [2.75, 3.05) is 20.6 Å². The minimum absolute atomic E-state index is 0.0100. The molecule has 0 aromatic heterocycles. The third-order valence-corrected chi connectivity index (χ3v) is 3.14. The maximum atomic E-state index is 12.0. The fraction of sp³-hybridized carbons (Fsp3) is 0.818. The average molecular weight is 227 g/mol. The Morgan fingerprint density at radius 1 is 1.31 bits per heavy atom. The van der Waals surface area contributed by atoms with Gasteiger partial charge in [-0.15, -0.1) is 0 Å². The summed E-state index contributed by atoms with van der Waals surface area (Å²) >= 11 is 0. The number of nitrogens with zero attached hydrogens (tertiary/aromatic N) is 1. The molecule has 1 fully saturated rings. The Hall–Kier alpha value is -1.10. The Morgan fingerprint density at radius 2 is 2.00 bits per heavy atom. The minimum atomic E-state index is -0.290. The van der Waals surface area contributed by atoms with Crippen LogP contribution in [0.3, 0.4) is 0 Å². The molecule has 2 unspecified atom stereocenters. The number of carbonyl (C=O) groups excluding carboxylic acids is 2. The van der Waals surface area contributed by atoms with Crippen LogP contribution in [0.15, 0.2) is 0 Å². The van der Waals surface area contributed by atoms with Gasteiger partial charge in [0, 0.05) is 13.6 Å². The summed E-state index contributed by atoms with van der Waals surface area (Å²) in [4.78, 5) is 25.4. The second kappa shape index (κ2) is 5.84. The SMILES string of the molecule is CNC(=O)C1CCCCN1C(=O)C(C)NC. The number of amides is 2. The summed E-state index contributed by atoms with van der Waals surface area (Å²) in [5.41, 5.74) is 0. The Morgan fingerprint density at radius 3 is 2.56 bits per heavy atom. The van der Waals surface area contributed by atoms with Crippen LogP contribution in [0, 0.1) is 0 Å². The molecule has 1 saturated heterocycles. The Bertz CT molecular complexity index is 268. The predicted octanol–water partition coefficient (Wildman–Crippen LogP) is -0.279. The van der Waals surface area contributed by atoms with Crippen molar-refractivity contribution in [3.63, 3.8) is 0 Å². The molecule has 0 aromatic carbocycles. The summed E-state index contributed by atoms with van der Waals surface area (Å²) in [7, 11) is 3.36. The van der Waals surface area contributed by atoms with E-state index in [1.54, 1.807) is 19.0 Å². The lowest BCUT2D eigenvalue weighted by Crippen LogP contribution is -2.55. The zero-order valence-corrected chi connectivity index (χ0v) is 10.2. The van der Waals surface area contributed by atoms with Gasteiger partial charge in [0.15, 0.2) is 0 Å². The maximum absolute atomic E-state index is 12.0. The molecule has 1 aliphatic heterocycles. The number of hydrogen-bond donors (Lipinski definition) is 2. The first-order valence-corrected chi connectivity index (χ1v) is 5.81. The second-order valence-electron chi connectivity index (χ2n) is 4.17. The van der Waals surface area contributed by atoms with Crippen molar-refractivity contribution in [3.05, 3.63) is 0 Å². The van der Waals surface area contributed by atoms with E-state index >= 15 is 0 Å². The standard InChI is InChI=1S/C11H21N3O2/c1-8(12-2)11(16)14-7-5-4-6-9(14)10(15)13-3/h8-9,12H,4-7H2,1-3H3,(H,13,15). The van der Waals surface area contributed by atoms with Crippen LogP contribution in [0.25, 0.3) is 0 Å². The topological polar surface area (TPSA) is 61.4 Å². The molecule has 5 heteroatoms. The van der Waals surface area contributed by atoms with Crippen molar-refractivity contribution < 1.29 is 9.59 Å². The highest BCUT2D eigenvalue weighted by atomic mass is 16.2. The molecule has 1 heterocycles.